The van der Waals surface area contributed by atoms with Crippen molar-refractivity contribution in [1.29, 1.82) is 0 Å². The predicted octanol–water partition coefficient (Wildman–Crippen LogP) is 8.11. The summed E-state index contributed by atoms with van der Waals surface area (Å²) in [5.41, 5.74) is 6.44. The van der Waals surface area contributed by atoms with Crippen molar-refractivity contribution >= 4 is 46.1 Å². The molecule has 0 radical (unpaired) electrons. The Bertz CT molecular complexity index is 1260. The highest BCUT2D eigenvalue weighted by molar-refractivity contribution is 6.35. The highest BCUT2D eigenvalue weighted by atomic mass is 35.5. The molecule has 1 unspecified atom stereocenters. The quantitative estimate of drug-likeness (QED) is 0.376. The Morgan fingerprint density at radius 2 is 1.68 bits per heavy atom. The molecule has 31 heavy (non-hydrogen) atoms. The lowest BCUT2D eigenvalue weighted by Crippen LogP contribution is -2.32. The number of hydrogen-bond donors (Lipinski definition) is 2. The molecule has 2 aliphatic heterocycles. The molecule has 0 aromatic heterocycles. The van der Waals surface area contributed by atoms with E-state index in [-0.39, 0.29) is 16.3 Å². The van der Waals surface area contributed by atoms with E-state index in [0.29, 0.717) is 21.4 Å². The molecular formula is C25H20Cl3NO2. The minimum atomic E-state index is -0.444. The maximum Gasteiger partial charge on any atom is 0.150 e. The van der Waals surface area contributed by atoms with Gasteiger partial charge in [-0.15, -0.1) is 0 Å². The summed E-state index contributed by atoms with van der Waals surface area (Å²) in [7, 11) is 0. The predicted molar refractivity (Wildman–Crippen MR) is 129 cm³/mol. The monoisotopic (exact) mass is 471 g/mol. The van der Waals surface area contributed by atoms with Crippen molar-refractivity contribution in [2.45, 2.75) is 32.4 Å². The van der Waals surface area contributed by atoms with E-state index in [2.05, 4.69) is 38.2 Å². The van der Waals surface area contributed by atoms with E-state index in [9.17, 15) is 5.11 Å². The number of nitrogens with one attached hydrogen (secondary N) is 1. The SMILES string of the molecule is CC1=CC(C)(C)Nc2ccc3c(c21)C(c1cc(Cl)cc(Cl)c1)Oc1ccc(O)c(Cl)c1-3. The summed E-state index contributed by atoms with van der Waals surface area (Å²) in [5, 5.41) is 15.2. The Labute approximate surface area is 196 Å². The maximum atomic E-state index is 10.3. The number of halogens is 3. The van der Waals surface area contributed by atoms with Crippen molar-refractivity contribution in [3.05, 3.63) is 80.3 Å². The summed E-state index contributed by atoms with van der Waals surface area (Å²) in [6.45, 7) is 6.37. The number of rotatable bonds is 1. The average Bonchev–Trinajstić information content (AvgIpc) is 2.67. The molecule has 0 aliphatic carbocycles. The molecule has 3 aromatic carbocycles. The van der Waals surface area contributed by atoms with Crippen LogP contribution in [0.1, 0.15) is 43.6 Å². The molecule has 0 spiro atoms. The molecule has 0 fully saturated rings. The Kier molecular flexibility index (Phi) is 4.71. The number of fused-ring (bicyclic) bond motifs is 5. The van der Waals surface area contributed by atoms with Crippen molar-refractivity contribution in [1.82, 2.24) is 0 Å². The molecule has 2 N–H and O–H groups in total. The van der Waals surface area contributed by atoms with E-state index < -0.39 is 6.10 Å². The zero-order valence-electron chi connectivity index (χ0n) is 17.2. The van der Waals surface area contributed by atoms with Crippen LogP contribution in [0.2, 0.25) is 15.1 Å². The number of phenols is 1. The zero-order chi connectivity index (χ0) is 22.1. The van der Waals surface area contributed by atoms with Gasteiger partial charge >= 0.3 is 0 Å². The minimum absolute atomic E-state index is 0.0171. The van der Waals surface area contributed by atoms with Crippen LogP contribution in [0.25, 0.3) is 16.7 Å². The summed E-state index contributed by atoms with van der Waals surface area (Å²) >= 11 is 19.2. The average molecular weight is 473 g/mol. The Morgan fingerprint density at radius 1 is 0.968 bits per heavy atom. The van der Waals surface area contributed by atoms with Gasteiger partial charge < -0.3 is 15.2 Å². The number of phenolic OH excluding ortho intramolecular Hbond substituents is 1. The number of anilines is 1. The molecule has 3 nitrogen and oxygen atoms in total. The van der Waals surface area contributed by atoms with Crippen molar-refractivity contribution in [3.63, 3.8) is 0 Å². The lowest BCUT2D eigenvalue weighted by molar-refractivity contribution is 0.243. The van der Waals surface area contributed by atoms with Gasteiger partial charge in [-0.1, -0.05) is 46.9 Å². The Hall–Kier alpha value is -2.33. The first-order valence-corrected chi connectivity index (χ1v) is 11.1. The first-order valence-electron chi connectivity index (χ1n) is 9.94. The Morgan fingerprint density at radius 3 is 2.39 bits per heavy atom. The van der Waals surface area contributed by atoms with E-state index in [1.165, 1.54) is 0 Å². The van der Waals surface area contributed by atoms with E-state index in [4.69, 9.17) is 39.5 Å². The largest absolute Gasteiger partial charge is 0.506 e. The zero-order valence-corrected chi connectivity index (χ0v) is 19.5. The van der Waals surface area contributed by atoms with Crippen LogP contribution in [0, 0.1) is 0 Å². The number of ether oxygens (including phenoxy) is 1. The second-order valence-corrected chi connectivity index (χ2v) is 9.85. The van der Waals surface area contributed by atoms with Crippen LogP contribution in [0.5, 0.6) is 11.5 Å². The van der Waals surface area contributed by atoms with Gasteiger partial charge in [-0.05, 0) is 73.9 Å². The summed E-state index contributed by atoms with van der Waals surface area (Å²) in [6, 6.07) is 12.8. The fourth-order valence-electron chi connectivity index (χ4n) is 4.68. The third kappa shape index (κ3) is 3.36. The van der Waals surface area contributed by atoms with Crippen molar-refractivity contribution in [2.24, 2.45) is 0 Å². The number of hydrogen-bond acceptors (Lipinski definition) is 3. The molecule has 2 heterocycles. The fourth-order valence-corrected chi connectivity index (χ4v) is 5.48. The third-order valence-corrected chi connectivity index (χ3v) is 6.54. The van der Waals surface area contributed by atoms with Crippen molar-refractivity contribution in [3.8, 4) is 22.6 Å². The molecule has 0 bridgehead atoms. The van der Waals surface area contributed by atoms with Gasteiger partial charge in [-0.2, -0.15) is 0 Å². The molecule has 1 atom stereocenters. The van der Waals surface area contributed by atoms with E-state index >= 15 is 0 Å². The van der Waals surface area contributed by atoms with Gasteiger partial charge in [-0.25, -0.2) is 0 Å². The van der Waals surface area contributed by atoms with E-state index in [1.807, 2.05) is 18.2 Å². The maximum absolute atomic E-state index is 10.3. The second-order valence-electron chi connectivity index (χ2n) is 8.60. The van der Waals surface area contributed by atoms with Gasteiger partial charge in [0.2, 0.25) is 0 Å². The molecule has 6 heteroatoms. The van der Waals surface area contributed by atoms with E-state index in [1.54, 1.807) is 18.2 Å². The van der Waals surface area contributed by atoms with Gasteiger partial charge in [0.05, 0.1) is 10.6 Å². The van der Waals surface area contributed by atoms with Crippen LogP contribution in [-0.2, 0) is 0 Å². The lowest BCUT2D eigenvalue weighted by atomic mass is 9.80. The van der Waals surface area contributed by atoms with Gasteiger partial charge in [-0.3, -0.25) is 0 Å². The van der Waals surface area contributed by atoms with Gasteiger partial charge in [0.15, 0.2) is 6.10 Å². The van der Waals surface area contributed by atoms with Crippen LogP contribution in [-0.4, -0.2) is 10.6 Å². The molecule has 0 saturated carbocycles. The molecule has 0 amide bonds. The smallest absolute Gasteiger partial charge is 0.150 e. The molecule has 3 aromatic rings. The number of allylic oxidation sites excluding steroid dienone is 1. The standard InChI is InChI=1S/C25H20Cl3NO2/c1-12-11-25(2,3)29-17-5-4-16-21-19(7-6-18(30)23(21)28)31-24(22(16)20(12)17)13-8-14(26)10-15(27)9-13/h4-11,24,29-30H,1-3H3. The summed E-state index contributed by atoms with van der Waals surface area (Å²) in [6.07, 6.45) is 1.76. The van der Waals surface area contributed by atoms with Crippen LogP contribution in [0.4, 0.5) is 5.69 Å². The number of aromatic hydroxyl groups is 1. The van der Waals surface area contributed by atoms with Gasteiger partial charge in [0.1, 0.15) is 11.5 Å². The van der Waals surface area contributed by atoms with Crippen LogP contribution in [0.15, 0.2) is 48.5 Å². The van der Waals surface area contributed by atoms with Crippen LogP contribution in [0.3, 0.4) is 0 Å². The van der Waals surface area contributed by atoms with Crippen molar-refractivity contribution < 1.29 is 9.84 Å². The summed E-state index contributed by atoms with van der Waals surface area (Å²) in [4.78, 5) is 0. The normalized spacial score (nSPS) is 18.1. The second kappa shape index (κ2) is 7.09. The van der Waals surface area contributed by atoms with Gasteiger partial charge in [0, 0.05) is 32.4 Å². The lowest BCUT2D eigenvalue weighted by Gasteiger charge is -2.37. The third-order valence-electron chi connectivity index (χ3n) is 5.72. The molecular weight excluding hydrogens is 453 g/mol. The molecule has 2 aliphatic rings. The first-order chi connectivity index (χ1) is 14.6. The molecule has 0 saturated heterocycles. The van der Waals surface area contributed by atoms with Gasteiger partial charge in [0.25, 0.3) is 0 Å². The molecule has 5 rings (SSSR count). The minimum Gasteiger partial charge on any atom is -0.506 e. The highest BCUT2D eigenvalue weighted by Gasteiger charge is 2.36. The highest BCUT2D eigenvalue weighted by Crippen LogP contribution is 2.54. The summed E-state index contributed by atoms with van der Waals surface area (Å²) < 4.78 is 6.49. The number of benzene rings is 3. The summed E-state index contributed by atoms with van der Waals surface area (Å²) in [5.74, 6) is 0.616. The Balaban J connectivity index is 1.85. The van der Waals surface area contributed by atoms with Crippen LogP contribution >= 0.6 is 34.8 Å². The topological polar surface area (TPSA) is 41.5 Å². The fraction of sp³-hybridized carbons (Fsp3) is 0.200. The van der Waals surface area contributed by atoms with Crippen LogP contribution < -0.4 is 10.1 Å². The van der Waals surface area contributed by atoms with E-state index in [0.717, 1.165) is 33.5 Å². The molecule has 158 valence electrons. The van der Waals surface area contributed by atoms with Crippen molar-refractivity contribution in [2.75, 3.05) is 5.32 Å². The first kappa shape index (κ1) is 20.6.